The molecule has 18 heavy (non-hydrogen) atoms. The lowest BCUT2D eigenvalue weighted by atomic mass is 10.0. The van der Waals surface area contributed by atoms with E-state index in [1.54, 1.807) is 0 Å². The average Bonchev–Trinajstić information content (AvgIpc) is 2.27. The Balaban J connectivity index is 2.00. The van der Waals surface area contributed by atoms with Gasteiger partial charge in [-0.25, -0.2) is 0 Å². The Morgan fingerprint density at radius 1 is 1.44 bits per heavy atom. The molecule has 0 saturated carbocycles. The van der Waals surface area contributed by atoms with Crippen LogP contribution >= 0.6 is 0 Å². The van der Waals surface area contributed by atoms with Crippen LogP contribution in [0.3, 0.4) is 0 Å². The number of carbonyl (C=O) groups is 1. The first-order valence-electron chi connectivity index (χ1n) is 6.55. The molecule has 98 valence electrons. The van der Waals surface area contributed by atoms with E-state index in [-0.39, 0.29) is 11.4 Å². The van der Waals surface area contributed by atoms with E-state index in [0.29, 0.717) is 6.42 Å². The number of nitrogens with zero attached hydrogens (tertiary/aromatic N) is 1. The van der Waals surface area contributed by atoms with Gasteiger partial charge in [-0.3, -0.25) is 4.79 Å². The third-order valence-corrected chi connectivity index (χ3v) is 3.36. The standard InChI is InChI=1S/C15H22N2O/c1-12-5-4-6-13(9-12)10-14(18)17-8-7-16-15(2,3)11-17/h4-6,9,16H,7-8,10-11H2,1-3H3. The maximum absolute atomic E-state index is 12.3. The third-order valence-electron chi connectivity index (χ3n) is 3.36. The Labute approximate surface area is 109 Å². The van der Waals surface area contributed by atoms with Gasteiger partial charge in [-0.2, -0.15) is 0 Å². The van der Waals surface area contributed by atoms with E-state index in [1.165, 1.54) is 5.56 Å². The number of piperazine rings is 1. The molecular weight excluding hydrogens is 224 g/mol. The van der Waals surface area contributed by atoms with E-state index in [4.69, 9.17) is 0 Å². The summed E-state index contributed by atoms with van der Waals surface area (Å²) in [5.41, 5.74) is 2.35. The second-order valence-electron chi connectivity index (χ2n) is 5.79. The van der Waals surface area contributed by atoms with Gasteiger partial charge in [0.2, 0.25) is 5.91 Å². The Hall–Kier alpha value is -1.35. The van der Waals surface area contributed by atoms with Gasteiger partial charge in [-0.1, -0.05) is 29.8 Å². The van der Waals surface area contributed by atoms with Crippen molar-refractivity contribution in [2.24, 2.45) is 0 Å². The van der Waals surface area contributed by atoms with Crippen LogP contribution in [0.15, 0.2) is 24.3 Å². The second-order valence-corrected chi connectivity index (χ2v) is 5.79. The van der Waals surface area contributed by atoms with Gasteiger partial charge in [0.05, 0.1) is 6.42 Å². The van der Waals surface area contributed by atoms with Crippen LogP contribution in [0, 0.1) is 6.92 Å². The summed E-state index contributed by atoms with van der Waals surface area (Å²) in [6.45, 7) is 8.82. The largest absolute Gasteiger partial charge is 0.339 e. The number of amides is 1. The number of nitrogens with one attached hydrogen (secondary N) is 1. The van der Waals surface area contributed by atoms with Gasteiger partial charge in [0.25, 0.3) is 0 Å². The molecule has 3 heteroatoms. The molecule has 3 nitrogen and oxygen atoms in total. The average molecular weight is 246 g/mol. The minimum Gasteiger partial charge on any atom is -0.339 e. The second kappa shape index (κ2) is 5.11. The summed E-state index contributed by atoms with van der Waals surface area (Å²) in [6, 6.07) is 8.19. The monoisotopic (exact) mass is 246 g/mol. The molecule has 0 spiro atoms. The minimum absolute atomic E-state index is 0.0283. The highest BCUT2D eigenvalue weighted by molar-refractivity contribution is 5.79. The van der Waals surface area contributed by atoms with Gasteiger partial charge in [-0.15, -0.1) is 0 Å². The Morgan fingerprint density at radius 2 is 2.22 bits per heavy atom. The number of rotatable bonds is 2. The first kappa shape index (κ1) is 13.1. The number of benzene rings is 1. The molecule has 1 fully saturated rings. The highest BCUT2D eigenvalue weighted by Crippen LogP contribution is 2.12. The summed E-state index contributed by atoms with van der Waals surface area (Å²) in [7, 11) is 0. The van der Waals surface area contributed by atoms with Gasteiger partial charge < -0.3 is 10.2 Å². The highest BCUT2D eigenvalue weighted by atomic mass is 16.2. The molecule has 1 aliphatic heterocycles. The lowest BCUT2D eigenvalue weighted by Crippen LogP contribution is -2.58. The van der Waals surface area contributed by atoms with Gasteiger partial charge in [0.1, 0.15) is 0 Å². The van der Waals surface area contributed by atoms with E-state index >= 15 is 0 Å². The van der Waals surface area contributed by atoms with Gasteiger partial charge in [0, 0.05) is 25.2 Å². The van der Waals surface area contributed by atoms with Crippen molar-refractivity contribution in [3.05, 3.63) is 35.4 Å². The summed E-state index contributed by atoms with van der Waals surface area (Å²) >= 11 is 0. The topological polar surface area (TPSA) is 32.3 Å². The molecular formula is C15H22N2O. The van der Waals surface area contributed by atoms with Crippen LogP contribution in [0.4, 0.5) is 0 Å². The van der Waals surface area contributed by atoms with E-state index in [9.17, 15) is 4.79 Å². The fourth-order valence-corrected chi connectivity index (χ4v) is 2.46. The third kappa shape index (κ3) is 3.33. The van der Waals surface area contributed by atoms with Crippen LogP contribution in [0.25, 0.3) is 0 Å². The molecule has 1 N–H and O–H groups in total. The predicted molar refractivity (Wildman–Crippen MR) is 73.5 cm³/mol. The van der Waals surface area contributed by atoms with Crippen molar-refractivity contribution in [3.63, 3.8) is 0 Å². The molecule has 0 atom stereocenters. The fraction of sp³-hybridized carbons (Fsp3) is 0.533. The lowest BCUT2D eigenvalue weighted by Gasteiger charge is -2.39. The van der Waals surface area contributed by atoms with Crippen LogP contribution in [-0.2, 0) is 11.2 Å². The van der Waals surface area contributed by atoms with Crippen LogP contribution in [0.2, 0.25) is 0 Å². The summed E-state index contributed by atoms with van der Waals surface area (Å²) in [4.78, 5) is 14.2. The first-order chi connectivity index (χ1) is 8.46. The van der Waals surface area contributed by atoms with Crippen molar-refractivity contribution in [2.45, 2.75) is 32.7 Å². The zero-order valence-corrected chi connectivity index (χ0v) is 11.5. The molecule has 1 aromatic carbocycles. The summed E-state index contributed by atoms with van der Waals surface area (Å²) < 4.78 is 0. The number of hydrogen-bond acceptors (Lipinski definition) is 2. The normalized spacial score (nSPS) is 18.7. The maximum atomic E-state index is 12.3. The van der Waals surface area contributed by atoms with Crippen molar-refractivity contribution in [1.82, 2.24) is 10.2 Å². The lowest BCUT2D eigenvalue weighted by molar-refractivity contribution is -0.132. The number of aryl methyl sites for hydroxylation is 1. The van der Waals surface area contributed by atoms with Crippen molar-refractivity contribution >= 4 is 5.91 Å². The maximum Gasteiger partial charge on any atom is 0.227 e. The zero-order chi connectivity index (χ0) is 13.2. The summed E-state index contributed by atoms with van der Waals surface area (Å²) in [5, 5.41) is 3.42. The summed E-state index contributed by atoms with van der Waals surface area (Å²) in [5.74, 6) is 0.232. The van der Waals surface area contributed by atoms with Crippen molar-refractivity contribution < 1.29 is 4.79 Å². The van der Waals surface area contributed by atoms with E-state index in [0.717, 1.165) is 25.2 Å². The van der Waals surface area contributed by atoms with Crippen molar-refractivity contribution in [2.75, 3.05) is 19.6 Å². The number of hydrogen-bond donors (Lipinski definition) is 1. The SMILES string of the molecule is Cc1cccc(CC(=O)N2CCNC(C)(C)C2)c1. The fourth-order valence-electron chi connectivity index (χ4n) is 2.46. The Bertz CT molecular complexity index is 440. The van der Waals surface area contributed by atoms with Crippen molar-refractivity contribution in [3.8, 4) is 0 Å². The molecule has 0 aliphatic carbocycles. The van der Waals surface area contributed by atoms with Crippen LogP contribution < -0.4 is 5.32 Å². The predicted octanol–water partition coefficient (Wildman–Crippen LogP) is 1.75. The molecule has 1 saturated heterocycles. The molecule has 2 rings (SSSR count). The van der Waals surface area contributed by atoms with Gasteiger partial charge in [-0.05, 0) is 26.3 Å². The molecule has 1 amide bonds. The van der Waals surface area contributed by atoms with E-state index in [2.05, 4.69) is 38.2 Å². The van der Waals surface area contributed by atoms with Gasteiger partial charge >= 0.3 is 0 Å². The quantitative estimate of drug-likeness (QED) is 0.862. The smallest absolute Gasteiger partial charge is 0.227 e. The highest BCUT2D eigenvalue weighted by Gasteiger charge is 2.28. The van der Waals surface area contributed by atoms with Gasteiger partial charge in [0.15, 0.2) is 0 Å². The first-order valence-corrected chi connectivity index (χ1v) is 6.55. The molecule has 1 aliphatic rings. The van der Waals surface area contributed by atoms with Crippen molar-refractivity contribution in [1.29, 1.82) is 0 Å². The Morgan fingerprint density at radius 3 is 2.89 bits per heavy atom. The van der Waals surface area contributed by atoms with Crippen LogP contribution in [0.5, 0.6) is 0 Å². The van der Waals surface area contributed by atoms with Crippen LogP contribution in [0.1, 0.15) is 25.0 Å². The zero-order valence-electron chi connectivity index (χ0n) is 11.5. The molecule has 1 aromatic rings. The molecule has 0 radical (unpaired) electrons. The molecule has 1 heterocycles. The van der Waals surface area contributed by atoms with Crippen LogP contribution in [-0.4, -0.2) is 36.0 Å². The van der Waals surface area contributed by atoms with E-state index < -0.39 is 0 Å². The summed E-state index contributed by atoms with van der Waals surface area (Å²) in [6.07, 6.45) is 0.512. The Kier molecular flexibility index (Phi) is 3.71. The molecule has 0 unspecified atom stereocenters. The minimum atomic E-state index is 0.0283. The molecule has 0 aromatic heterocycles. The molecule has 0 bridgehead atoms. The van der Waals surface area contributed by atoms with E-state index in [1.807, 2.05) is 17.0 Å². The number of carbonyl (C=O) groups excluding carboxylic acids is 1.